The third-order valence-electron chi connectivity index (χ3n) is 5.38. The normalized spacial score (nSPS) is 14.7. The van der Waals surface area contributed by atoms with Crippen LogP contribution in [0.2, 0.25) is 0 Å². The first-order chi connectivity index (χ1) is 14.2. The molecule has 0 atom stereocenters. The average Bonchev–Trinajstić information content (AvgIpc) is 2.75. The minimum absolute atomic E-state index is 0.413. The number of benzene rings is 2. The summed E-state index contributed by atoms with van der Waals surface area (Å²) in [7, 11) is 0. The van der Waals surface area contributed by atoms with Gasteiger partial charge in [-0.2, -0.15) is 0 Å². The van der Waals surface area contributed by atoms with Crippen molar-refractivity contribution in [2.45, 2.75) is 38.5 Å². The molecule has 1 aromatic heterocycles. The molecular weight excluding hydrogens is 430 g/mol. The molecule has 1 aliphatic carbocycles. The molecule has 0 spiro atoms. The first-order valence-corrected chi connectivity index (χ1v) is 10.9. The van der Waals surface area contributed by atoms with Crippen LogP contribution in [-0.2, 0) is 11.2 Å². The first kappa shape index (κ1) is 19.9. The Morgan fingerprint density at radius 2 is 1.90 bits per heavy atom. The number of hydrogen-bond acceptors (Lipinski definition) is 4. The molecule has 0 bridgehead atoms. The Bertz CT molecular complexity index is 999. The van der Waals surface area contributed by atoms with E-state index >= 15 is 0 Å². The van der Waals surface area contributed by atoms with E-state index in [2.05, 4.69) is 20.9 Å². The lowest BCUT2D eigenvalue weighted by atomic mass is 9.90. The van der Waals surface area contributed by atoms with Crippen LogP contribution < -0.4 is 9.47 Å². The smallest absolute Gasteiger partial charge is 0.219 e. The van der Waals surface area contributed by atoms with Gasteiger partial charge in [0, 0.05) is 17.9 Å². The second kappa shape index (κ2) is 9.40. The van der Waals surface area contributed by atoms with Crippen LogP contribution in [-0.4, -0.2) is 17.9 Å². The van der Waals surface area contributed by atoms with E-state index in [0.29, 0.717) is 24.0 Å². The van der Waals surface area contributed by atoms with Crippen molar-refractivity contribution in [3.05, 3.63) is 58.6 Å². The van der Waals surface area contributed by atoms with Gasteiger partial charge in [0.1, 0.15) is 17.8 Å². The number of halogens is 1. The number of carbonyl (C=O) groups is 1. The Morgan fingerprint density at radius 1 is 1.03 bits per heavy atom. The van der Waals surface area contributed by atoms with Crippen molar-refractivity contribution < 1.29 is 14.3 Å². The number of rotatable bonds is 7. The molecule has 3 aromatic rings. The lowest BCUT2D eigenvalue weighted by Crippen LogP contribution is -2.15. The van der Waals surface area contributed by atoms with Gasteiger partial charge in [0.15, 0.2) is 0 Å². The van der Waals surface area contributed by atoms with Crippen molar-refractivity contribution in [1.29, 1.82) is 0 Å². The molecule has 0 saturated heterocycles. The molecule has 4 nitrogen and oxygen atoms in total. The van der Waals surface area contributed by atoms with E-state index in [1.54, 1.807) is 0 Å². The maximum atomic E-state index is 10.7. The largest absolute Gasteiger partial charge is 0.493 e. The number of nitrogens with zero attached hydrogens (tertiary/aromatic N) is 1. The fourth-order valence-corrected chi connectivity index (χ4v) is 4.21. The topological polar surface area (TPSA) is 48.4 Å². The molecule has 0 radical (unpaired) electrons. The van der Waals surface area contributed by atoms with Crippen LogP contribution in [0.1, 0.15) is 37.7 Å². The van der Waals surface area contributed by atoms with Crippen LogP contribution in [0.3, 0.4) is 0 Å². The molecule has 2 aromatic carbocycles. The van der Waals surface area contributed by atoms with Gasteiger partial charge in [0.05, 0.1) is 16.6 Å². The van der Waals surface area contributed by atoms with Crippen LogP contribution in [0.4, 0.5) is 0 Å². The van der Waals surface area contributed by atoms with Gasteiger partial charge in [0.2, 0.25) is 5.88 Å². The summed E-state index contributed by atoms with van der Waals surface area (Å²) >= 11 is 3.58. The zero-order valence-corrected chi connectivity index (χ0v) is 17.9. The standard InChI is InChI=1S/C24H24BrNO3/c25-21-15-20(28-16-18-4-2-1-3-5-18)8-10-23(21)29-24-11-7-19-14-17(12-13-27)6-9-22(19)26-24/h6-11,13-15,18H,1-5,12,16H2. The summed E-state index contributed by atoms with van der Waals surface area (Å²) in [5.41, 5.74) is 1.82. The Labute approximate surface area is 179 Å². The van der Waals surface area contributed by atoms with Crippen molar-refractivity contribution >= 4 is 33.1 Å². The third kappa shape index (κ3) is 5.15. The second-order valence-corrected chi connectivity index (χ2v) is 8.41. The van der Waals surface area contributed by atoms with Crippen molar-refractivity contribution in [3.63, 3.8) is 0 Å². The van der Waals surface area contributed by atoms with E-state index in [4.69, 9.17) is 9.47 Å². The number of carbonyl (C=O) groups excluding carboxylic acids is 1. The van der Waals surface area contributed by atoms with Crippen molar-refractivity contribution in [2.24, 2.45) is 5.92 Å². The number of pyridine rings is 1. The van der Waals surface area contributed by atoms with Crippen LogP contribution in [0.15, 0.2) is 53.0 Å². The van der Waals surface area contributed by atoms with E-state index in [0.717, 1.165) is 39.6 Å². The van der Waals surface area contributed by atoms with E-state index in [1.165, 1.54) is 32.1 Å². The van der Waals surface area contributed by atoms with Gasteiger partial charge in [0.25, 0.3) is 0 Å². The fourth-order valence-electron chi connectivity index (χ4n) is 3.77. The van der Waals surface area contributed by atoms with Gasteiger partial charge in [-0.1, -0.05) is 25.3 Å². The minimum Gasteiger partial charge on any atom is -0.493 e. The molecule has 0 unspecified atom stereocenters. The molecule has 1 heterocycles. The first-order valence-electron chi connectivity index (χ1n) is 10.1. The molecule has 1 saturated carbocycles. The predicted octanol–water partition coefficient (Wildman–Crippen LogP) is 6.49. The quantitative estimate of drug-likeness (QED) is 0.383. The second-order valence-electron chi connectivity index (χ2n) is 7.56. The number of aldehydes is 1. The van der Waals surface area contributed by atoms with Crippen LogP contribution in [0.25, 0.3) is 10.9 Å². The van der Waals surface area contributed by atoms with Crippen LogP contribution in [0.5, 0.6) is 17.4 Å². The van der Waals surface area contributed by atoms with Gasteiger partial charge in [-0.05, 0) is 76.7 Å². The van der Waals surface area contributed by atoms with Gasteiger partial charge in [-0.3, -0.25) is 0 Å². The summed E-state index contributed by atoms with van der Waals surface area (Å²) in [4.78, 5) is 15.3. The summed E-state index contributed by atoms with van der Waals surface area (Å²) < 4.78 is 12.8. The molecule has 29 heavy (non-hydrogen) atoms. The average molecular weight is 454 g/mol. The third-order valence-corrected chi connectivity index (χ3v) is 6.00. The van der Waals surface area contributed by atoms with Crippen LogP contribution >= 0.6 is 15.9 Å². The maximum absolute atomic E-state index is 10.7. The van der Waals surface area contributed by atoms with E-state index in [9.17, 15) is 4.79 Å². The number of ether oxygens (including phenoxy) is 2. The summed E-state index contributed by atoms with van der Waals surface area (Å²) in [6.45, 7) is 0.783. The number of hydrogen-bond donors (Lipinski definition) is 0. The summed E-state index contributed by atoms with van der Waals surface area (Å²) in [5.74, 6) is 2.74. The highest BCUT2D eigenvalue weighted by Crippen LogP contribution is 2.33. The Kier molecular flexibility index (Phi) is 6.45. The highest BCUT2D eigenvalue weighted by molar-refractivity contribution is 9.10. The van der Waals surface area contributed by atoms with Crippen LogP contribution in [0, 0.1) is 5.92 Å². The van der Waals surface area contributed by atoms with Crippen molar-refractivity contribution in [1.82, 2.24) is 4.98 Å². The Hall–Kier alpha value is -2.40. The highest BCUT2D eigenvalue weighted by atomic mass is 79.9. The van der Waals surface area contributed by atoms with Gasteiger partial charge in [-0.25, -0.2) is 4.98 Å². The summed E-state index contributed by atoms with van der Waals surface area (Å²) in [5, 5.41) is 0.988. The summed E-state index contributed by atoms with van der Waals surface area (Å²) in [6, 6.07) is 15.4. The van der Waals surface area contributed by atoms with E-state index in [1.807, 2.05) is 48.5 Å². The highest BCUT2D eigenvalue weighted by Gasteiger charge is 2.14. The lowest BCUT2D eigenvalue weighted by Gasteiger charge is -2.21. The molecule has 150 valence electrons. The summed E-state index contributed by atoms with van der Waals surface area (Å²) in [6.07, 6.45) is 7.86. The maximum Gasteiger partial charge on any atom is 0.219 e. The number of aromatic nitrogens is 1. The zero-order chi connectivity index (χ0) is 20.1. The van der Waals surface area contributed by atoms with E-state index in [-0.39, 0.29) is 0 Å². The lowest BCUT2D eigenvalue weighted by molar-refractivity contribution is -0.107. The molecule has 5 heteroatoms. The zero-order valence-electron chi connectivity index (χ0n) is 16.3. The Morgan fingerprint density at radius 3 is 2.69 bits per heavy atom. The van der Waals surface area contributed by atoms with Gasteiger partial charge in [-0.15, -0.1) is 0 Å². The molecule has 4 rings (SSSR count). The van der Waals surface area contributed by atoms with Gasteiger partial charge >= 0.3 is 0 Å². The monoisotopic (exact) mass is 453 g/mol. The SMILES string of the molecule is O=CCc1ccc2nc(Oc3ccc(OCC4CCCCC4)cc3Br)ccc2c1. The number of fused-ring (bicyclic) bond motifs is 1. The molecular formula is C24H24BrNO3. The fraction of sp³-hybridized carbons (Fsp3) is 0.333. The molecule has 1 aliphatic rings. The molecule has 0 amide bonds. The molecule has 0 N–H and O–H groups in total. The van der Waals surface area contributed by atoms with E-state index < -0.39 is 0 Å². The Balaban J connectivity index is 1.43. The molecule has 1 fully saturated rings. The minimum atomic E-state index is 0.413. The predicted molar refractivity (Wildman–Crippen MR) is 118 cm³/mol. The molecule has 0 aliphatic heterocycles. The van der Waals surface area contributed by atoms with Crippen molar-refractivity contribution in [2.75, 3.05) is 6.61 Å². The van der Waals surface area contributed by atoms with Gasteiger partial charge < -0.3 is 14.3 Å². The van der Waals surface area contributed by atoms with Crippen molar-refractivity contribution in [3.8, 4) is 17.4 Å².